The van der Waals surface area contributed by atoms with Crippen LogP contribution >= 0.6 is 23.2 Å². The van der Waals surface area contributed by atoms with Crippen molar-refractivity contribution in [2.45, 2.75) is 4.90 Å². The van der Waals surface area contributed by atoms with Crippen LogP contribution in [0, 0.1) is 0 Å². The lowest BCUT2D eigenvalue weighted by Crippen LogP contribution is -2.14. The molecule has 0 atom stereocenters. The van der Waals surface area contributed by atoms with E-state index in [1.54, 1.807) is 0 Å². The Hall–Kier alpha value is -1.96. The van der Waals surface area contributed by atoms with Gasteiger partial charge in [0.2, 0.25) is 0 Å². The molecule has 0 aliphatic carbocycles. The number of carbonyl (C=O) groups is 1. The summed E-state index contributed by atoms with van der Waals surface area (Å²) in [4.78, 5) is 11.2. The predicted octanol–water partition coefficient (Wildman–Crippen LogP) is 3.59. The van der Waals surface area contributed by atoms with Gasteiger partial charge in [0, 0.05) is 5.69 Å². The van der Waals surface area contributed by atoms with Crippen molar-refractivity contribution in [3.05, 3.63) is 52.0 Å². The number of hydrogen-bond acceptors (Lipinski definition) is 5. The molecule has 0 amide bonds. The first-order valence-corrected chi connectivity index (χ1v) is 8.77. The fraction of sp³-hybridized carbons (Fsp3) is 0.133. The first-order valence-electron chi connectivity index (χ1n) is 6.53. The van der Waals surface area contributed by atoms with Gasteiger partial charge in [0.15, 0.2) is 0 Å². The molecule has 0 aliphatic rings. The van der Waals surface area contributed by atoms with Gasteiger partial charge in [-0.25, -0.2) is 13.2 Å². The van der Waals surface area contributed by atoms with E-state index in [0.29, 0.717) is 5.56 Å². The van der Waals surface area contributed by atoms with Gasteiger partial charge in [-0.1, -0.05) is 23.2 Å². The normalized spacial score (nSPS) is 11.0. The number of halogens is 2. The Balaban J connectivity index is 2.32. The van der Waals surface area contributed by atoms with E-state index in [4.69, 9.17) is 27.9 Å². The van der Waals surface area contributed by atoms with Crippen LogP contribution in [0.4, 0.5) is 5.69 Å². The number of hydrogen-bond donors (Lipinski definition) is 1. The lowest BCUT2D eigenvalue weighted by atomic mass is 10.2. The van der Waals surface area contributed by atoms with Crippen molar-refractivity contribution < 1.29 is 22.7 Å². The number of rotatable bonds is 5. The van der Waals surface area contributed by atoms with Crippen LogP contribution in [0.5, 0.6) is 5.75 Å². The molecule has 2 aromatic carbocycles. The predicted molar refractivity (Wildman–Crippen MR) is 91.6 cm³/mol. The van der Waals surface area contributed by atoms with Crippen LogP contribution in [0.3, 0.4) is 0 Å². The van der Waals surface area contributed by atoms with Gasteiger partial charge in [-0.2, -0.15) is 0 Å². The third-order valence-electron chi connectivity index (χ3n) is 3.08. The minimum atomic E-state index is -3.97. The molecule has 0 aromatic heterocycles. The third kappa shape index (κ3) is 3.75. The molecule has 0 aliphatic heterocycles. The number of nitrogens with one attached hydrogen (secondary N) is 1. The third-order valence-corrected chi connectivity index (χ3v) is 5.48. The van der Waals surface area contributed by atoms with E-state index in [0.717, 1.165) is 0 Å². The number of esters is 1. The van der Waals surface area contributed by atoms with Crippen LogP contribution in [0.1, 0.15) is 10.4 Å². The molecule has 0 heterocycles. The maximum absolute atomic E-state index is 12.5. The fourth-order valence-electron chi connectivity index (χ4n) is 1.88. The van der Waals surface area contributed by atoms with Gasteiger partial charge in [0.05, 0.1) is 24.8 Å². The van der Waals surface area contributed by atoms with E-state index in [-0.39, 0.29) is 26.4 Å². The summed E-state index contributed by atoms with van der Waals surface area (Å²) in [5.74, 6) is -0.252. The molecule has 24 heavy (non-hydrogen) atoms. The number of sulfonamides is 1. The van der Waals surface area contributed by atoms with Crippen molar-refractivity contribution in [2.75, 3.05) is 18.9 Å². The molecule has 2 rings (SSSR count). The van der Waals surface area contributed by atoms with Crippen molar-refractivity contribution in [1.29, 1.82) is 0 Å². The summed E-state index contributed by atoms with van der Waals surface area (Å²) in [6.45, 7) is 0. The van der Waals surface area contributed by atoms with E-state index in [2.05, 4.69) is 9.46 Å². The standard InChI is InChI=1S/C15H13Cl2NO5S/c1-22-11-7-8-12(14(17)13(11)16)24(20,21)18-10-5-3-9(4-6-10)15(19)23-2/h3-8,18H,1-2H3. The van der Waals surface area contributed by atoms with E-state index < -0.39 is 16.0 Å². The highest BCUT2D eigenvalue weighted by Gasteiger charge is 2.22. The number of methoxy groups -OCH3 is 2. The molecule has 128 valence electrons. The summed E-state index contributed by atoms with van der Waals surface area (Å²) in [6.07, 6.45) is 0. The monoisotopic (exact) mass is 389 g/mol. The molecule has 9 heteroatoms. The van der Waals surface area contributed by atoms with E-state index >= 15 is 0 Å². The summed E-state index contributed by atoms with van der Waals surface area (Å²) < 4.78 is 36.8. The molecule has 2 aromatic rings. The second-order valence-electron chi connectivity index (χ2n) is 4.57. The first kappa shape index (κ1) is 18.4. The van der Waals surface area contributed by atoms with E-state index in [9.17, 15) is 13.2 Å². The van der Waals surface area contributed by atoms with Crippen molar-refractivity contribution in [1.82, 2.24) is 0 Å². The molecule has 6 nitrogen and oxygen atoms in total. The Morgan fingerprint density at radius 3 is 2.17 bits per heavy atom. The minimum absolute atomic E-state index is 0.00285. The van der Waals surface area contributed by atoms with Gasteiger partial charge in [0.1, 0.15) is 15.7 Å². The number of ether oxygens (including phenoxy) is 2. The summed E-state index contributed by atoms with van der Waals surface area (Å²) in [6, 6.07) is 8.44. The Morgan fingerprint density at radius 1 is 1.00 bits per heavy atom. The zero-order valence-corrected chi connectivity index (χ0v) is 15.0. The van der Waals surface area contributed by atoms with Gasteiger partial charge < -0.3 is 9.47 Å². The highest BCUT2D eigenvalue weighted by Crippen LogP contribution is 2.37. The molecular formula is C15H13Cl2NO5S. The summed E-state index contributed by atoms with van der Waals surface area (Å²) in [5.41, 5.74) is 0.552. The number of benzene rings is 2. The molecular weight excluding hydrogens is 377 g/mol. The SMILES string of the molecule is COC(=O)c1ccc(NS(=O)(=O)c2ccc(OC)c(Cl)c2Cl)cc1. The largest absolute Gasteiger partial charge is 0.495 e. The second kappa shape index (κ2) is 7.29. The minimum Gasteiger partial charge on any atom is -0.495 e. The lowest BCUT2D eigenvalue weighted by molar-refractivity contribution is 0.0601. The zero-order valence-electron chi connectivity index (χ0n) is 12.7. The van der Waals surface area contributed by atoms with Crippen LogP contribution in [-0.2, 0) is 14.8 Å². The Labute approximate surface area is 149 Å². The van der Waals surface area contributed by atoms with Gasteiger partial charge in [0.25, 0.3) is 10.0 Å². The van der Waals surface area contributed by atoms with Crippen molar-refractivity contribution in [2.24, 2.45) is 0 Å². The summed E-state index contributed by atoms with van der Waals surface area (Å²) >= 11 is 12.0. The van der Waals surface area contributed by atoms with Crippen LogP contribution in [0.2, 0.25) is 10.0 Å². The molecule has 1 N–H and O–H groups in total. The number of anilines is 1. The van der Waals surface area contributed by atoms with Crippen molar-refractivity contribution >= 4 is 44.9 Å². The smallest absolute Gasteiger partial charge is 0.337 e. The maximum atomic E-state index is 12.5. The molecule has 0 saturated carbocycles. The molecule has 0 radical (unpaired) electrons. The van der Waals surface area contributed by atoms with Crippen LogP contribution in [-0.4, -0.2) is 28.6 Å². The van der Waals surface area contributed by atoms with Crippen LogP contribution < -0.4 is 9.46 Å². The highest BCUT2D eigenvalue weighted by molar-refractivity contribution is 7.92. The van der Waals surface area contributed by atoms with E-state index in [1.807, 2.05) is 0 Å². The van der Waals surface area contributed by atoms with Crippen LogP contribution in [0.25, 0.3) is 0 Å². The lowest BCUT2D eigenvalue weighted by Gasteiger charge is -2.12. The number of carbonyl (C=O) groups excluding carboxylic acids is 1. The average Bonchev–Trinajstić information content (AvgIpc) is 2.56. The molecule has 0 bridgehead atoms. The van der Waals surface area contributed by atoms with Gasteiger partial charge in [-0.3, -0.25) is 4.72 Å². The Bertz CT molecular complexity index is 866. The summed E-state index contributed by atoms with van der Waals surface area (Å²) in [7, 11) is -1.31. The molecule has 0 unspecified atom stereocenters. The first-order chi connectivity index (χ1) is 11.3. The maximum Gasteiger partial charge on any atom is 0.337 e. The highest BCUT2D eigenvalue weighted by atomic mass is 35.5. The van der Waals surface area contributed by atoms with Gasteiger partial charge >= 0.3 is 5.97 Å². The molecule has 0 fully saturated rings. The zero-order chi connectivity index (χ0) is 17.9. The Kier molecular flexibility index (Phi) is 5.58. The quantitative estimate of drug-likeness (QED) is 0.790. The van der Waals surface area contributed by atoms with E-state index in [1.165, 1.54) is 50.6 Å². The van der Waals surface area contributed by atoms with Crippen molar-refractivity contribution in [3.8, 4) is 5.75 Å². The second-order valence-corrected chi connectivity index (χ2v) is 6.98. The topological polar surface area (TPSA) is 81.7 Å². The van der Waals surface area contributed by atoms with Gasteiger partial charge in [-0.15, -0.1) is 0 Å². The molecule has 0 saturated heterocycles. The van der Waals surface area contributed by atoms with Crippen LogP contribution in [0.15, 0.2) is 41.3 Å². The van der Waals surface area contributed by atoms with Gasteiger partial charge in [-0.05, 0) is 36.4 Å². The Morgan fingerprint density at radius 2 is 1.62 bits per heavy atom. The fourth-order valence-corrected chi connectivity index (χ4v) is 3.78. The molecule has 0 spiro atoms. The average molecular weight is 390 g/mol. The summed E-state index contributed by atoms with van der Waals surface area (Å²) in [5, 5.41) is -0.141. The van der Waals surface area contributed by atoms with Crippen molar-refractivity contribution in [3.63, 3.8) is 0 Å².